The summed E-state index contributed by atoms with van der Waals surface area (Å²) >= 11 is 0. The van der Waals surface area contributed by atoms with Gasteiger partial charge < -0.3 is 20.6 Å². The Kier molecular flexibility index (Phi) is 6.23. The van der Waals surface area contributed by atoms with E-state index in [0.29, 0.717) is 25.7 Å². The molecule has 0 unspecified atom stereocenters. The van der Waals surface area contributed by atoms with Crippen LogP contribution in [0.15, 0.2) is 21.9 Å². The Morgan fingerprint density at radius 1 is 1.14 bits per heavy atom. The maximum atomic E-state index is 12.6. The third-order valence-corrected chi connectivity index (χ3v) is 6.21. The molecule has 0 bridgehead atoms. The highest BCUT2D eigenvalue weighted by atomic mass is 16.4. The van der Waals surface area contributed by atoms with E-state index in [0.717, 1.165) is 18.9 Å². The first kappa shape index (κ1) is 21.3. The third kappa shape index (κ3) is 4.76. The fourth-order valence-corrected chi connectivity index (χ4v) is 4.77. The van der Waals surface area contributed by atoms with Gasteiger partial charge in [-0.3, -0.25) is 23.9 Å². The van der Waals surface area contributed by atoms with Gasteiger partial charge in [0.15, 0.2) is 0 Å². The summed E-state index contributed by atoms with van der Waals surface area (Å²) in [5.41, 5.74) is -1.78. The van der Waals surface area contributed by atoms with Gasteiger partial charge in [0.1, 0.15) is 12.2 Å². The molecule has 2 saturated carbocycles. The van der Waals surface area contributed by atoms with Gasteiger partial charge in [-0.15, -0.1) is 0 Å². The largest absolute Gasteiger partial charge is 0.481 e. The number of aliphatic carboxylic acids is 1. The molecule has 10 nitrogen and oxygen atoms in total. The molecule has 29 heavy (non-hydrogen) atoms. The number of carbonyl (C=O) groups excluding carboxylic acids is 1. The quantitative estimate of drug-likeness (QED) is 0.423. The number of carboxylic acid groups (broad SMARTS) is 1. The Morgan fingerprint density at radius 3 is 2.45 bits per heavy atom. The first-order chi connectivity index (χ1) is 13.7. The molecule has 1 aromatic heterocycles. The summed E-state index contributed by atoms with van der Waals surface area (Å²) in [6.45, 7) is 0. The summed E-state index contributed by atoms with van der Waals surface area (Å²) in [4.78, 5) is 49.0. The van der Waals surface area contributed by atoms with Crippen LogP contribution in [0.1, 0.15) is 57.4 Å². The minimum absolute atomic E-state index is 0.0620. The standard InChI is InChI=1S/C19H27N3O7/c23-13-5-8-22(18(29)21-13)12-4-3-11(16(27)17(12)28)20-14(24)9-19(10-15(25)26)6-1-2-7-19/h5,8,11-12,16-17,27-28H,1-4,6-7,9-10H2,(H,20,24)(H,25,26)(H,21,23,29)/t11-,12-,16-,17-/m1/s1. The van der Waals surface area contributed by atoms with Crippen molar-refractivity contribution >= 4 is 11.9 Å². The zero-order chi connectivity index (χ0) is 21.2. The van der Waals surface area contributed by atoms with E-state index in [4.69, 9.17) is 0 Å². The molecule has 1 amide bonds. The molecule has 0 aromatic carbocycles. The van der Waals surface area contributed by atoms with E-state index in [1.54, 1.807) is 0 Å². The second-order valence-electron chi connectivity index (χ2n) is 8.27. The highest BCUT2D eigenvalue weighted by molar-refractivity contribution is 5.78. The molecule has 5 N–H and O–H groups in total. The van der Waals surface area contributed by atoms with Gasteiger partial charge in [-0.1, -0.05) is 12.8 Å². The molecule has 1 aromatic rings. The minimum Gasteiger partial charge on any atom is -0.481 e. The molecule has 0 saturated heterocycles. The maximum Gasteiger partial charge on any atom is 0.328 e. The van der Waals surface area contributed by atoms with Crippen molar-refractivity contribution in [2.45, 2.75) is 75.7 Å². The van der Waals surface area contributed by atoms with Crippen molar-refractivity contribution in [2.24, 2.45) is 5.41 Å². The summed E-state index contributed by atoms with van der Waals surface area (Å²) in [5.74, 6) is -1.27. The number of aromatic amines is 1. The monoisotopic (exact) mass is 409 g/mol. The number of aliphatic hydroxyl groups is 2. The van der Waals surface area contributed by atoms with Crippen LogP contribution in [0.3, 0.4) is 0 Å². The Labute approximate surface area is 166 Å². The molecule has 0 aliphatic heterocycles. The number of aliphatic hydroxyl groups excluding tert-OH is 2. The summed E-state index contributed by atoms with van der Waals surface area (Å²) in [7, 11) is 0. The minimum atomic E-state index is -1.31. The third-order valence-electron chi connectivity index (χ3n) is 6.21. The van der Waals surface area contributed by atoms with Crippen LogP contribution in [0, 0.1) is 5.41 Å². The first-order valence-corrected chi connectivity index (χ1v) is 9.90. The van der Waals surface area contributed by atoms with Crippen molar-refractivity contribution in [3.63, 3.8) is 0 Å². The Hall–Kier alpha value is -2.46. The van der Waals surface area contributed by atoms with Crippen molar-refractivity contribution in [1.82, 2.24) is 14.9 Å². The topological polar surface area (TPSA) is 162 Å². The van der Waals surface area contributed by atoms with E-state index >= 15 is 0 Å². The van der Waals surface area contributed by atoms with Crippen LogP contribution < -0.4 is 16.6 Å². The Morgan fingerprint density at radius 2 is 1.83 bits per heavy atom. The van der Waals surface area contributed by atoms with E-state index in [1.807, 2.05) is 0 Å². The molecule has 2 aliphatic carbocycles. The lowest BCUT2D eigenvalue weighted by Gasteiger charge is -2.39. The average Bonchev–Trinajstić information content (AvgIpc) is 3.07. The lowest BCUT2D eigenvalue weighted by atomic mass is 9.79. The maximum absolute atomic E-state index is 12.6. The van der Waals surface area contributed by atoms with Crippen LogP contribution >= 0.6 is 0 Å². The summed E-state index contributed by atoms with van der Waals surface area (Å²) in [6, 6.07) is -0.260. The van der Waals surface area contributed by atoms with Gasteiger partial charge >= 0.3 is 11.7 Å². The predicted octanol–water partition coefficient (Wildman–Crippen LogP) is -0.497. The van der Waals surface area contributed by atoms with E-state index < -0.39 is 46.9 Å². The summed E-state index contributed by atoms with van der Waals surface area (Å²) in [5, 5.41) is 32.9. The normalized spacial score (nSPS) is 28.8. The zero-order valence-electron chi connectivity index (χ0n) is 16.0. The molecule has 10 heteroatoms. The van der Waals surface area contributed by atoms with Gasteiger partial charge in [-0.2, -0.15) is 0 Å². The second kappa shape index (κ2) is 8.50. The van der Waals surface area contributed by atoms with E-state index in [-0.39, 0.29) is 18.7 Å². The van der Waals surface area contributed by atoms with Crippen LogP contribution in [-0.2, 0) is 9.59 Å². The molecule has 0 spiro atoms. The number of amides is 1. The number of carbonyl (C=O) groups is 2. The van der Waals surface area contributed by atoms with Crippen molar-refractivity contribution in [2.75, 3.05) is 0 Å². The number of hydrogen-bond acceptors (Lipinski definition) is 6. The van der Waals surface area contributed by atoms with Crippen molar-refractivity contribution < 1.29 is 24.9 Å². The first-order valence-electron chi connectivity index (χ1n) is 9.90. The number of hydrogen-bond donors (Lipinski definition) is 5. The molecule has 0 radical (unpaired) electrons. The number of H-pyrrole nitrogens is 1. The van der Waals surface area contributed by atoms with E-state index in [1.165, 1.54) is 10.8 Å². The van der Waals surface area contributed by atoms with Crippen LogP contribution in [0.4, 0.5) is 0 Å². The highest BCUT2D eigenvalue weighted by Crippen LogP contribution is 2.44. The van der Waals surface area contributed by atoms with Crippen LogP contribution in [0.25, 0.3) is 0 Å². The van der Waals surface area contributed by atoms with Crippen LogP contribution in [0.5, 0.6) is 0 Å². The SMILES string of the molecule is O=C(O)CC1(CC(=O)N[C@@H]2CC[C@@H](n3ccc(=O)[nH]c3=O)[C@@H](O)[C@@H]2O)CCCC1. The Bertz CT molecular complexity index is 871. The molecule has 1 heterocycles. The fourth-order valence-electron chi connectivity index (χ4n) is 4.77. The lowest BCUT2D eigenvalue weighted by Crippen LogP contribution is -2.55. The molecular formula is C19H27N3O7. The number of rotatable bonds is 6. The molecule has 4 atom stereocenters. The number of nitrogens with one attached hydrogen (secondary N) is 2. The summed E-state index contributed by atoms with van der Waals surface area (Å²) < 4.78 is 1.17. The van der Waals surface area contributed by atoms with Gasteiger partial charge in [0, 0.05) is 18.7 Å². The van der Waals surface area contributed by atoms with Gasteiger partial charge in [0.05, 0.1) is 18.5 Å². The van der Waals surface area contributed by atoms with E-state index in [2.05, 4.69) is 10.3 Å². The second-order valence-corrected chi connectivity index (χ2v) is 8.27. The highest BCUT2D eigenvalue weighted by Gasteiger charge is 2.42. The molecular weight excluding hydrogens is 382 g/mol. The lowest BCUT2D eigenvalue weighted by molar-refractivity contribution is -0.140. The van der Waals surface area contributed by atoms with Gasteiger partial charge in [-0.05, 0) is 31.1 Å². The number of carboxylic acids is 1. The zero-order valence-corrected chi connectivity index (χ0v) is 16.0. The fraction of sp³-hybridized carbons (Fsp3) is 0.684. The molecule has 2 aliphatic rings. The number of nitrogens with zero attached hydrogens (tertiary/aromatic N) is 1. The van der Waals surface area contributed by atoms with Gasteiger partial charge in [-0.25, -0.2) is 4.79 Å². The Balaban J connectivity index is 1.64. The van der Waals surface area contributed by atoms with Crippen LogP contribution in [-0.4, -0.2) is 55.0 Å². The smallest absolute Gasteiger partial charge is 0.328 e. The summed E-state index contributed by atoms with van der Waals surface area (Å²) in [6.07, 6.45) is 2.46. The predicted molar refractivity (Wildman–Crippen MR) is 101 cm³/mol. The average molecular weight is 409 g/mol. The van der Waals surface area contributed by atoms with Crippen molar-refractivity contribution in [1.29, 1.82) is 0 Å². The van der Waals surface area contributed by atoms with Gasteiger partial charge in [0.2, 0.25) is 5.91 Å². The molecule has 160 valence electrons. The van der Waals surface area contributed by atoms with Crippen molar-refractivity contribution in [3.05, 3.63) is 33.1 Å². The van der Waals surface area contributed by atoms with Crippen molar-refractivity contribution in [3.8, 4) is 0 Å². The van der Waals surface area contributed by atoms with Gasteiger partial charge in [0.25, 0.3) is 5.56 Å². The molecule has 3 rings (SSSR count). The molecule has 2 fully saturated rings. The van der Waals surface area contributed by atoms with Crippen LogP contribution in [0.2, 0.25) is 0 Å². The number of aromatic nitrogens is 2. The van der Waals surface area contributed by atoms with E-state index in [9.17, 15) is 34.5 Å².